The average molecular weight is 328 g/mol. The Kier molecular flexibility index (Phi) is 6.11. The van der Waals surface area contributed by atoms with Crippen LogP contribution in [0.4, 0.5) is 0 Å². The molecule has 0 spiro atoms. The lowest BCUT2D eigenvalue weighted by atomic mass is 10.1. The van der Waals surface area contributed by atoms with E-state index in [0.29, 0.717) is 29.6 Å². The van der Waals surface area contributed by atoms with Gasteiger partial charge in [-0.1, -0.05) is 42.0 Å². The van der Waals surface area contributed by atoms with Crippen LogP contribution in [0, 0.1) is 6.92 Å². The van der Waals surface area contributed by atoms with Crippen molar-refractivity contribution in [3.05, 3.63) is 65.2 Å². The van der Waals surface area contributed by atoms with Gasteiger partial charge in [0.05, 0.1) is 12.2 Å². The number of amides is 1. The number of nitrogens with one attached hydrogen (secondary N) is 2. The molecule has 23 heavy (non-hydrogen) atoms. The maximum Gasteiger partial charge on any atom is 0.261 e. The van der Waals surface area contributed by atoms with Gasteiger partial charge in [0.15, 0.2) is 5.11 Å². The molecule has 0 heterocycles. The lowest BCUT2D eigenvalue weighted by Crippen LogP contribution is -2.39. The van der Waals surface area contributed by atoms with Gasteiger partial charge in [-0.05, 0) is 43.8 Å². The SMILES string of the molecule is CCOc1ccccc1C(=O)NC(=S)NCc1ccc(C)cc1. The predicted molar refractivity (Wildman–Crippen MR) is 95.7 cm³/mol. The van der Waals surface area contributed by atoms with E-state index in [1.807, 2.05) is 44.2 Å². The van der Waals surface area contributed by atoms with E-state index in [-0.39, 0.29) is 5.91 Å². The van der Waals surface area contributed by atoms with Crippen LogP contribution in [0.15, 0.2) is 48.5 Å². The van der Waals surface area contributed by atoms with E-state index in [1.165, 1.54) is 5.56 Å². The third kappa shape index (κ3) is 5.07. The molecule has 2 rings (SSSR count). The summed E-state index contributed by atoms with van der Waals surface area (Å²) in [5, 5.41) is 6.00. The zero-order valence-corrected chi connectivity index (χ0v) is 14.1. The topological polar surface area (TPSA) is 50.4 Å². The summed E-state index contributed by atoms with van der Waals surface area (Å²) in [6.45, 7) is 4.98. The summed E-state index contributed by atoms with van der Waals surface area (Å²) in [6, 6.07) is 15.2. The second-order valence-corrected chi connectivity index (χ2v) is 5.46. The van der Waals surface area contributed by atoms with E-state index in [9.17, 15) is 4.79 Å². The highest BCUT2D eigenvalue weighted by Crippen LogP contribution is 2.17. The summed E-state index contributed by atoms with van der Waals surface area (Å²) in [5.74, 6) is 0.268. The molecular weight excluding hydrogens is 308 g/mol. The third-order valence-corrected chi connectivity index (χ3v) is 3.48. The largest absolute Gasteiger partial charge is 0.493 e. The Morgan fingerprint density at radius 1 is 1.13 bits per heavy atom. The number of ether oxygens (including phenoxy) is 1. The number of para-hydroxylation sites is 1. The quantitative estimate of drug-likeness (QED) is 0.828. The van der Waals surface area contributed by atoms with Crippen molar-refractivity contribution in [1.29, 1.82) is 0 Å². The first-order valence-corrected chi connectivity index (χ1v) is 7.87. The standard InChI is InChI=1S/C18H20N2O2S/c1-3-22-16-7-5-4-6-15(16)17(21)20-18(23)19-12-14-10-8-13(2)9-11-14/h4-11H,3,12H2,1-2H3,(H2,19,20,21,23). The normalized spacial score (nSPS) is 10.0. The minimum atomic E-state index is -0.282. The third-order valence-electron chi connectivity index (χ3n) is 3.23. The van der Waals surface area contributed by atoms with E-state index in [0.717, 1.165) is 5.56 Å². The molecule has 2 N–H and O–H groups in total. The monoisotopic (exact) mass is 328 g/mol. The van der Waals surface area contributed by atoms with Gasteiger partial charge < -0.3 is 10.1 Å². The maximum absolute atomic E-state index is 12.3. The Hall–Kier alpha value is -2.40. The molecular formula is C18H20N2O2S. The van der Waals surface area contributed by atoms with Crippen LogP contribution in [0.1, 0.15) is 28.4 Å². The summed E-state index contributed by atoms with van der Waals surface area (Å²) in [6.07, 6.45) is 0. The molecule has 2 aromatic carbocycles. The van der Waals surface area contributed by atoms with Gasteiger partial charge in [0.2, 0.25) is 0 Å². The van der Waals surface area contributed by atoms with E-state index in [1.54, 1.807) is 18.2 Å². The zero-order valence-electron chi connectivity index (χ0n) is 13.3. The zero-order chi connectivity index (χ0) is 16.7. The molecule has 0 saturated carbocycles. The van der Waals surface area contributed by atoms with Crippen molar-refractivity contribution < 1.29 is 9.53 Å². The van der Waals surface area contributed by atoms with Gasteiger partial charge in [0, 0.05) is 6.54 Å². The smallest absolute Gasteiger partial charge is 0.261 e. The van der Waals surface area contributed by atoms with Crippen LogP contribution in [0.2, 0.25) is 0 Å². The molecule has 0 bridgehead atoms. The fourth-order valence-corrected chi connectivity index (χ4v) is 2.20. The number of benzene rings is 2. The van der Waals surface area contributed by atoms with Crippen LogP contribution in [-0.4, -0.2) is 17.6 Å². The van der Waals surface area contributed by atoms with Crippen molar-refractivity contribution in [2.45, 2.75) is 20.4 Å². The van der Waals surface area contributed by atoms with Crippen molar-refractivity contribution in [2.24, 2.45) is 0 Å². The number of thiocarbonyl (C=S) groups is 1. The highest BCUT2D eigenvalue weighted by Gasteiger charge is 2.12. The fraction of sp³-hybridized carbons (Fsp3) is 0.222. The predicted octanol–water partition coefficient (Wildman–Crippen LogP) is 3.20. The van der Waals surface area contributed by atoms with Crippen molar-refractivity contribution in [2.75, 3.05) is 6.61 Å². The van der Waals surface area contributed by atoms with Gasteiger partial charge >= 0.3 is 0 Å². The molecule has 0 aliphatic heterocycles. The molecule has 0 unspecified atom stereocenters. The summed E-state index contributed by atoms with van der Waals surface area (Å²) in [7, 11) is 0. The molecule has 0 aliphatic rings. The van der Waals surface area contributed by atoms with E-state index >= 15 is 0 Å². The van der Waals surface area contributed by atoms with Crippen LogP contribution < -0.4 is 15.4 Å². The number of rotatable bonds is 5. The van der Waals surface area contributed by atoms with Crippen LogP contribution >= 0.6 is 12.2 Å². The summed E-state index contributed by atoms with van der Waals surface area (Å²) < 4.78 is 5.46. The fourth-order valence-electron chi connectivity index (χ4n) is 2.04. The summed E-state index contributed by atoms with van der Waals surface area (Å²) >= 11 is 5.18. The van der Waals surface area contributed by atoms with Gasteiger partial charge in [-0.2, -0.15) is 0 Å². The Morgan fingerprint density at radius 2 is 1.83 bits per heavy atom. The van der Waals surface area contributed by atoms with Crippen molar-refractivity contribution >= 4 is 23.2 Å². The molecule has 120 valence electrons. The number of hydrogen-bond acceptors (Lipinski definition) is 3. The minimum absolute atomic E-state index is 0.282. The summed E-state index contributed by atoms with van der Waals surface area (Å²) in [5.41, 5.74) is 2.77. The van der Waals surface area contributed by atoms with Gasteiger partial charge in [-0.15, -0.1) is 0 Å². The van der Waals surface area contributed by atoms with Gasteiger partial charge in [0.1, 0.15) is 5.75 Å². The first-order valence-electron chi connectivity index (χ1n) is 7.46. The van der Waals surface area contributed by atoms with Crippen LogP contribution in [-0.2, 0) is 6.54 Å². The number of carbonyl (C=O) groups is 1. The Morgan fingerprint density at radius 3 is 2.52 bits per heavy atom. The molecule has 0 saturated heterocycles. The number of carbonyl (C=O) groups excluding carboxylic acids is 1. The highest BCUT2D eigenvalue weighted by molar-refractivity contribution is 7.80. The molecule has 5 heteroatoms. The maximum atomic E-state index is 12.3. The minimum Gasteiger partial charge on any atom is -0.493 e. The van der Waals surface area contributed by atoms with E-state index in [4.69, 9.17) is 17.0 Å². The highest BCUT2D eigenvalue weighted by atomic mass is 32.1. The van der Waals surface area contributed by atoms with Gasteiger partial charge in [-0.25, -0.2) is 0 Å². The van der Waals surface area contributed by atoms with Gasteiger partial charge in [0.25, 0.3) is 5.91 Å². The Labute approximate surface area is 141 Å². The average Bonchev–Trinajstić information content (AvgIpc) is 2.55. The van der Waals surface area contributed by atoms with Gasteiger partial charge in [-0.3, -0.25) is 10.1 Å². The first-order chi connectivity index (χ1) is 11.1. The molecule has 0 atom stereocenters. The van der Waals surface area contributed by atoms with Crippen LogP contribution in [0.25, 0.3) is 0 Å². The molecule has 0 fully saturated rings. The second-order valence-electron chi connectivity index (χ2n) is 5.05. The lowest BCUT2D eigenvalue weighted by Gasteiger charge is -2.12. The van der Waals surface area contributed by atoms with Crippen LogP contribution in [0.3, 0.4) is 0 Å². The summed E-state index contributed by atoms with van der Waals surface area (Å²) in [4.78, 5) is 12.3. The molecule has 0 aliphatic carbocycles. The van der Waals surface area contributed by atoms with E-state index < -0.39 is 0 Å². The lowest BCUT2D eigenvalue weighted by molar-refractivity contribution is 0.0973. The number of hydrogen-bond donors (Lipinski definition) is 2. The Bertz CT molecular complexity index is 684. The number of aryl methyl sites for hydroxylation is 1. The molecule has 1 amide bonds. The van der Waals surface area contributed by atoms with Crippen molar-refractivity contribution in [3.63, 3.8) is 0 Å². The van der Waals surface area contributed by atoms with Crippen molar-refractivity contribution in [1.82, 2.24) is 10.6 Å². The second kappa shape index (κ2) is 8.29. The van der Waals surface area contributed by atoms with Crippen molar-refractivity contribution in [3.8, 4) is 5.75 Å². The first kappa shape index (κ1) is 17.0. The molecule has 2 aromatic rings. The van der Waals surface area contributed by atoms with Crippen LogP contribution in [0.5, 0.6) is 5.75 Å². The Balaban J connectivity index is 1.92. The molecule has 0 aromatic heterocycles. The van der Waals surface area contributed by atoms with E-state index in [2.05, 4.69) is 10.6 Å². The molecule has 0 radical (unpaired) electrons. The molecule has 4 nitrogen and oxygen atoms in total.